The Morgan fingerprint density at radius 1 is 1.04 bits per heavy atom. The lowest BCUT2D eigenvalue weighted by Gasteiger charge is -2.03. The Hall–Kier alpha value is -3.05. The number of para-hydroxylation sites is 1. The normalized spacial score (nSPS) is 11.0. The molecule has 2 aromatic carbocycles. The number of fused-ring (bicyclic) bond motifs is 2. The Morgan fingerprint density at radius 3 is 2.71 bits per heavy atom. The highest BCUT2D eigenvalue weighted by Gasteiger charge is 2.15. The second-order valence-corrected chi connectivity index (χ2v) is 5.52. The van der Waals surface area contributed by atoms with Crippen molar-refractivity contribution in [3.05, 3.63) is 75.8 Å². The molecule has 0 radical (unpaired) electrons. The summed E-state index contributed by atoms with van der Waals surface area (Å²) in [4.78, 5) is 24.1. The molecule has 0 atom stereocenters. The van der Waals surface area contributed by atoms with Gasteiger partial charge in [-0.05, 0) is 24.3 Å². The molecule has 0 aliphatic rings. The maximum atomic E-state index is 12.2. The van der Waals surface area contributed by atoms with Crippen molar-refractivity contribution in [1.29, 1.82) is 0 Å². The van der Waals surface area contributed by atoms with Gasteiger partial charge in [-0.1, -0.05) is 29.8 Å². The Bertz CT molecular complexity index is 1110. The van der Waals surface area contributed by atoms with Gasteiger partial charge in [0, 0.05) is 11.5 Å². The summed E-state index contributed by atoms with van der Waals surface area (Å²) in [5.74, 6) is -0.311. The Morgan fingerprint density at radius 2 is 1.88 bits per heavy atom. The smallest absolute Gasteiger partial charge is 0.379 e. The Balaban J connectivity index is 1.67. The van der Waals surface area contributed by atoms with E-state index in [9.17, 15) is 9.59 Å². The highest BCUT2D eigenvalue weighted by Crippen LogP contribution is 2.23. The molecule has 0 unspecified atom stereocenters. The van der Waals surface area contributed by atoms with Gasteiger partial charge >= 0.3 is 5.97 Å². The van der Waals surface area contributed by atoms with Crippen molar-refractivity contribution in [3.8, 4) is 5.75 Å². The van der Waals surface area contributed by atoms with Crippen molar-refractivity contribution >= 4 is 39.5 Å². The first-order chi connectivity index (χ1) is 11.6. The number of hydrogen-bond donors (Lipinski definition) is 0. The van der Waals surface area contributed by atoms with E-state index in [4.69, 9.17) is 25.2 Å². The minimum atomic E-state index is -0.637. The van der Waals surface area contributed by atoms with E-state index in [0.29, 0.717) is 11.0 Å². The number of carbonyl (C=O) groups excluding carboxylic acids is 1. The molecule has 2 heterocycles. The fraction of sp³-hybridized carbons (Fsp3) is 0. The first-order valence-corrected chi connectivity index (χ1v) is 7.41. The highest BCUT2D eigenvalue weighted by atomic mass is 35.5. The average Bonchev–Trinajstić information content (AvgIpc) is 3.02. The number of hydrogen-bond acceptors (Lipinski definition) is 5. The first kappa shape index (κ1) is 14.5. The van der Waals surface area contributed by atoms with Gasteiger partial charge in [-0.3, -0.25) is 4.79 Å². The molecule has 0 bridgehead atoms. The predicted molar refractivity (Wildman–Crippen MR) is 88.7 cm³/mol. The van der Waals surface area contributed by atoms with Crippen molar-refractivity contribution in [2.24, 2.45) is 0 Å². The zero-order chi connectivity index (χ0) is 16.7. The lowest BCUT2D eigenvalue weighted by Crippen LogP contribution is -2.07. The van der Waals surface area contributed by atoms with E-state index in [0.717, 1.165) is 11.6 Å². The van der Waals surface area contributed by atoms with Crippen LogP contribution >= 0.6 is 11.6 Å². The number of ether oxygens (including phenoxy) is 1. The van der Waals surface area contributed by atoms with Crippen molar-refractivity contribution in [2.45, 2.75) is 0 Å². The predicted octanol–water partition coefficient (Wildman–Crippen LogP) is 4.41. The molecule has 0 saturated heterocycles. The molecule has 0 spiro atoms. The van der Waals surface area contributed by atoms with Crippen LogP contribution in [0, 0.1) is 0 Å². The Labute approximate surface area is 140 Å². The van der Waals surface area contributed by atoms with Gasteiger partial charge in [0.15, 0.2) is 0 Å². The summed E-state index contributed by atoms with van der Waals surface area (Å²) in [7, 11) is 0. The van der Waals surface area contributed by atoms with Crippen LogP contribution in [0.15, 0.2) is 68.4 Å². The second-order valence-electron chi connectivity index (χ2n) is 5.11. The van der Waals surface area contributed by atoms with Gasteiger partial charge in [0.1, 0.15) is 28.2 Å². The summed E-state index contributed by atoms with van der Waals surface area (Å²) in [6.45, 7) is 0. The maximum Gasteiger partial charge on any atom is 0.379 e. The third kappa shape index (κ3) is 2.45. The zero-order valence-corrected chi connectivity index (χ0v) is 12.9. The monoisotopic (exact) mass is 340 g/mol. The van der Waals surface area contributed by atoms with Crippen LogP contribution in [0.1, 0.15) is 10.6 Å². The van der Waals surface area contributed by atoms with E-state index in [1.165, 1.54) is 18.2 Å². The molecular weight excluding hydrogens is 332 g/mol. The SMILES string of the molecule is O=C(Oc1ccc2c(=O)c(Cl)coc2c1)c1cc2ccccc2o1. The van der Waals surface area contributed by atoms with Crippen LogP contribution in [-0.2, 0) is 0 Å². The molecule has 118 valence electrons. The fourth-order valence-corrected chi connectivity index (χ4v) is 2.53. The fourth-order valence-electron chi connectivity index (χ4n) is 2.39. The van der Waals surface area contributed by atoms with Crippen molar-refractivity contribution in [1.82, 2.24) is 0 Å². The summed E-state index contributed by atoms with van der Waals surface area (Å²) in [6, 6.07) is 13.3. The average molecular weight is 341 g/mol. The second kappa shape index (κ2) is 5.54. The number of halogens is 1. The largest absolute Gasteiger partial charge is 0.462 e. The number of esters is 1. The van der Waals surface area contributed by atoms with E-state index in [1.54, 1.807) is 12.1 Å². The van der Waals surface area contributed by atoms with E-state index >= 15 is 0 Å². The molecule has 2 aromatic heterocycles. The molecule has 5 nitrogen and oxygen atoms in total. The van der Waals surface area contributed by atoms with Gasteiger partial charge < -0.3 is 13.6 Å². The summed E-state index contributed by atoms with van der Waals surface area (Å²) in [5, 5.41) is 1.11. The molecule has 4 rings (SSSR count). The molecule has 4 aromatic rings. The summed E-state index contributed by atoms with van der Waals surface area (Å²) in [6.07, 6.45) is 1.15. The lowest BCUT2D eigenvalue weighted by atomic mass is 10.2. The molecule has 24 heavy (non-hydrogen) atoms. The number of benzene rings is 2. The van der Waals surface area contributed by atoms with Crippen LogP contribution < -0.4 is 10.2 Å². The van der Waals surface area contributed by atoms with Gasteiger partial charge in [0.2, 0.25) is 11.2 Å². The molecular formula is C18H9ClO5. The lowest BCUT2D eigenvalue weighted by molar-refractivity contribution is 0.0704. The van der Waals surface area contributed by atoms with Crippen LogP contribution in [0.5, 0.6) is 5.75 Å². The van der Waals surface area contributed by atoms with Crippen molar-refractivity contribution in [3.63, 3.8) is 0 Å². The number of rotatable bonds is 2. The highest BCUT2D eigenvalue weighted by molar-refractivity contribution is 6.30. The molecule has 0 aliphatic heterocycles. The summed E-state index contributed by atoms with van der Waals surface area (Å²) in [5.41, 5.74) is 0.538. The van der Waals surface area contributed by atoms with Gasteiger partial charge in [0.05, 0.1) is 5.39 Å². The topological polar surface area (TPSA) is 69.7 Å². The molecule has 6 heteroatoms. The van der Waals surface area contributed by atoms with Crippen molar-refractivity contribution in [2.75, 3.05) is 0 Å². The van der Waals surface area contributed by atoms with Crippen LogP contribution in [0.4, 0.5) is 0 Å². The summed E-state index contributed by atoms with van der Waals surface area (Å²) >= 11 is 5.73. The van der Waals surface area contributed by atoms with Gasteiger partial charge in [-0.15, -0.1) is 0 Å². The van der Waals surface area contributed by atoms with E-state index in [-0.39, 0.29) is 27.5 Å². The standard InChI is InChI=1S/C18H9ClO5/c19-13-9-22-15-8-11(5-6-12(15)17(13)20)23-18(21)16-7-10-3-1-2-4-14(10)24-16/h1-9H. The van der Waals surface area contributed by atoms with E-state index in [2.05, 4.69) is 0 Å². The van der Waals surface area contributed by atoms with Crippen LogP contribution in [-0.4, -0.2) is 5.97 Å². The van der Waals surface area contributed by atoms with Crippen LogP contribution in [0.3, 0.4) is 0 Å². The Kier molecular flexibility index (Phi) is 3.36. The molecule has 0 saturated carbocycles. The molecule has 0 N–H and O–H groups in total. The quantitative estimate of drug-likeness (QED) is 0.399. The van der Waals surface area contributed by atoms with Gasteiger partial charge in [-0.25, -0.2) is 4.79 Å². The van der Waals surface area contributed by atoms with Gasteiger partial charge in [-0.2, -0.15) is 0 Å². The van der Waals surface area contributed by atoms with Crippen LogP contribution in [0.2, 0.25) is 5.02 Å². The minimum Gasteiger partial charge on any atom is -0.462 e. The molecule has 0 aliphatic carbocycles. The molecule has 0 fully saturated rings. The van der Waals surface area contributed by atoms with E-state index in [1.807, 2.05) is 18.2 Å². The third-order valence-corrected chi connectivity index (χ3v) is 3.80. The minimum absolute atomic E-state index is 0.00507. The summed E-state index contributed by atoms with van der Waals surface area (Å²) < 4.78 is 16.0. The van der Waals surface area contributed by atoms with Crippen LogP contribution in [0.25, 0.3) is 21.9 Å². The van der Waals surface area contributed by atoms with Gasteiger partial charge in [0.25, 0.3) is 0 Å². The first-order valence-electron chi connectivity index (χ1n) is 7.03. The number of furan rings is 1. The number of carbonyl (C=O) groups is 1. The molecule has 0 amide bonds. The van der Waals surface area contributed by atoms with E-state index < -0.39 is 5.97 Å². The van der Waals surface area contributed by atoms with Crippen molar-refractivity contribution < 1.29 is 18.4 Å². The zero-order valence-electron chi connectivity index (χ0n) is 12.1. The maximum absolute atomic E-state index is 12.2. The third-order valence-electron chi connectivity index (χ3n) is 3.54.